The van der Waals surface area contributed by atoms with E-state index >= 15 is 0 Å². The zero-order chi connectivity index (χ0) is 17.6. The number of amides is 1. The first-order valence-corrected chi connectivity index (χ1v) is 8.62. The number of aliphatic hydroxyl groups excluding tert-OH is 2. The largest absolute Gasteiger partial charge is 0.444 e. The van der Waals surface area contributed by atoms with Gasteiger partial charge in [-0.3, -0.25) is 0 Å². The Labute approximate surface area is 143 Å². The van der Waals surface area contributed by atoms with Crippen molar-refractivity contribution >= 4 is 6.09 Å². The third-order valence-electron chi connectivity index (χ3n) is 4.96. The van der Waals surface area contributed by atoms with Gasteiger partial charge in [-0.25, -0.2) is 4.79 Å². The van der Waals surface area contributed by atoms with Crippen LogP contribution in [0.5, 0.6) is 0 Å². The number of rotatable bonds is 0. The van der Waals surface area contributed by atoms with E-state index in [4.69, 9.17) is 4.74 Å². The van der Waals surface area contributed by atoms with Gasteiger partial charge >= 0.3 is 6.09 Å². The number of aryl methyl sites for hydroxylation is 1. The van der Waals surface area contributed by atoms with Gasteiger partial charge in [0.1, 0.15) is 5.60 Å². The van der Waals surface area contributed by atoms with Crippen LogP contribution in [0.3, 0.4) is 0 Å². The van der Waals surface area contributed by atoms with Gasteiger partial charge in [0.15, 0.2) is 0 Å². The van der Waals surface area contributed by atoms with Crippen molar-refractivity contribution in [2.45, 2.75) is 76.9 Å². The van der Waals surface area contributed by atoms with Gasteiger partial charge in [0.05, 0.1) is 12.2 Å². The summed E-state index contributed by atoms with van der Waals surface area (Å²) < 4.78 is 5.57. The van der Waals surface area contributed by atoms with Gasteiger partial charge in [-0.1, -0.05) is 23.8 Å². The molecular formula is C19H27NO4. The van der Waals surface area contributed by atoms with Crippen LogP contribution in [0.2, 0.25) is 0 Å². The lowest BCUT2D eigenvalue weighted by atomic mass is 9.72. The van der Waals surface area contributed by atoms with E-state index in [1.165, 1.54) is 0 Å². The van der Waals surface area contributed by atoms with Gasteiger partial charge in [0.2, 0.25) is 0 Å². The summed E-state index contributed by atoms with van der Waals surface area (Å²) in [5.74, 6) is -0.273. The van der Waals surface area contributed by atoms with Crippen molar-refractivity contribution in [3.05, 3.63) is 34.9 Å². The monoisotopic (exact) mass is 333 g/mol. The smallest absolute Gasteiger partial charge is 0.410 e. The molecule has 1 aromatic carbocycles. The normalized spacial score (nSPS) is 29.7. The highest BCUT2D eigenvalue weighted by atomic mass is 16.6. The molecule has 0 spiro atoms. The van der Waals surface area contributed by atoms with Crippen LogP contribution in [-0.4, -0.2) is 45.1 Å². The molecule has 2 N–H and O–H groups in total. The molecule has 1 aromatic rings. The van der Waals surface area contributed by atoms with E-state index in [9.17, 15) is 15.0 Å². The van der Waals surface area contributed by atoms with Gasteiger partial charge < -0.3 is 19.8 Å². The van der Waals surface area contributed by atoms with Gasteiger partial charge in [-0.05, 0) is 51.7 Å². The second kappa shape index (κ2) is 6.05. The molecule has 4 atom stereocenters. The third kappa shape index (κ3) is 3.15. The molecule has 0 radical (unpaired) electrons. The summed E-state index contributed by atoms with van der Waals surface area (Å²) in [5.41, 5.74) is 2.62. The number of aliphatic hydroxyl groups is 2. The van der Waals surface area contributed by atoms with Crippen molar-refractivity contribution in [1.29, 1.82) is 0 Å². The highest BCUT2D eigenvalue weighted by Gasteiger charge is 2.47. The Hall–Kier alpha value is -1.59. The number of nitrogens with zero attached hydrogens (tertiary/aromatic N) is 1. The van der Waals surface area contributed by atoms with Crippen molar-refractivity contribution in [3.8, 4) is 0 Å². The average molecular weight is 333 g/mol. The quantitative estimate of drug-likeness (QED) is 0.766. The zero-order valence-electron chi connectivity index (χ0n) is 14.8. The Morgan fingerprint density at radius 2 is 1.96 bits per heavy atom. The molecule has 2 aliphatic rings. The minimum atomic E-state index is -0.866. The van der Waals surface area contributed by atoms with Crippen molar-refractivity contribution < 1.29 is 19.7 Å². The van der Waals surface area contributed by atoms with E-state index in [1.807, 2.05) is 39.8 Å². The van der Waals surface area contributed by atoms with Gasteiger partial charge in [0.25, 0.3) is 0 Å². The predicted octanol–water partition coefficient (Wildman–Crippen LogP) is 2.71. The zero-order valence-corrected chi connectivity index (χ0v) is 14.8. The molecule has 24 heavy (non-hydrogen) atoms. The molecule has 1 aliphatic carbocycles. The molecule has 0 unspecified atom stereocenters. The van der Waals surface area contributed by atoms with Crippen LogP contribution in [-0.2, 0) is 11.3 Å². The minimum absolute atomic E-state index is 0.146. The maximum Gasteiger partial charge on any atom is 0.410 e. The fraction of sp³-hybridized carbons (Fsp3) is 0.632. The van der Waals surface area contributed by atoms with E-state index < -0.39 is 17.8 Å². The van der Waals surface area contributed by atoms with E-state index in [2.05, 4.69) is 6.07 Å². The Balaban J connectivity index is 1.99. The molecule has 0 aromatic heterocycles. The van der Waals surface area contributed by atoms with Crippen LogP contribution in [0.25, 0.3) is 0 Å². The Bertz CT molecular complexity index is 637. The molecule has 1 heterocycles. The third-order valence-corrected chi connectivity index (χ3v) is 4.96. The number of fused-ring (bicyclic) bond motifs is 3. The maximum absolute atomic E-state index is 12.7. The van der Waals surface area contributed by atoms with Gasteiger partial charge in [-0.15, -0.1) is 0 Å². The molecule has 3 rings (SSSR count). The molecule has 0 bridgehead atoms. The lowest BCUT2D eigenvalue weighted by molar-refractivity contribution is -0.0646. The van der Waals surface area contributed by atoms with Crippen LogP contribution >= 0.6 is 0 Å². The molecule has 1 amide bonds. The highest BCUT2D eigenvalue weighted by Crippen LogP contribution is 2.43. The first-order chi connectivity index (χ1) is 11.2. The van der Waals surface area contributed by atoms with Crippen LogP contribution in [0.4, 0.5) is 4.79 Å². The number of hydrogen-bond donors (Lipinski definition) is 2. The van der Waals surface area contributed by atoms with Gasteiger partial charge in [-0.2, -0.15) is 0 Å². The average Bonchev–Trinajstić information content (AvgIpc) is 2.48. The Kier molecular flexibility index (Phi) is 4.34. The number of hydrogen-bond acceptors (Lipinski definition) is 4. The molecule has 1 aliphatic heterocycles. The van der Waals surface area contributed by atoms with Crippen LogP contribution in [0.15, 0.2) is 18.2 Å². The van der Waals surface area contributed by atoms with Crippen LogP contribution < -0.4 is 0 Å². The first-order valence-electron chi connectivity index (χ1n) is 8.62. The van der Waals surface area contributed by atoms with Crippen LogP contribution in [0, 0.1) is 6.92 Å². The van der Waals surface area contributed by atoms with Gasteiger partial charge in [0, 0.05) is 18.5 Å². The molecule has 0 saturated heterocycles. The fourth-order valence-corrected chi connectivity index (χ4v) is 3.89. The fourth-order valence-electron chi connectivity index (χ4n) is 3.89. The standard InChI is InChI=1S/C19H27NO4/c1-11-5-6-12-10-20(18(23)24-19(2,3)4)14-7-8-15(21)17(22)16(14)13(12)9-11/h5-6,9,14-17,21-22H,7-8,10H2,1-4H3/t14-,15-,16-,17-/m0/s1. The predicted molar refractivity (Wildman–Crippen MR) is 90.7 cm³/mol. The highest BCUT2D eigenvalue weighted by molar-refractivity contribution is 5.69. The second-order valence-electron chi connectivity index (χ2n) is 8.04. The summed E-state index contributed by atoms with van der Waals surface area (Å²) in [6, 6.07) is 5.94. The van der Waals surface area contributed by atoms with E-state index in [0.717, 1.165) is 16.7 Å². The molecule has 5 heteroatoms. The molecule has 132 valence electrons. The van der Waals surface area contributed by atoms with Crippen molar-refractivity contribution in [3.63, 3.8) is 0 Å². The topological polar surface area (TPSA) is 70.0 Å². The lowest BCUT2D eigenvalue weighted by Crippen LogP contribution is -2.55. The number of carbonyl (C=O) groups is 1. The van der Waals surface area contributed by atoms with E-state index in [1.54, 1.807) is 4.90 Å². The summed E-state index contributed by atoms with van der Waals surface area (Å²) >= 11 is 0. The maximum atomic E-state index is 12.7. The second-order valence-corrected chi connectivity index (χ2v) is 8.04. The van der Waals surface area contributed by atoms with Crippen molar-refractivity contribution in [2.24, 2.45) is 0 Å². The summed E-state index contributed by atoms with van der Waals surface area (Å²) in [5, 5.41) is 20.8. The van der Waals surface area contributed by atoms with E-state index in [0.29, 0.717) is 19.4 Å². The Morgan fingerprint density at radius 3 is 2.62 bits per heavy atom. The molecule has 5 nitrogen and oxygen atoms in total. The number of ether oxygens (including phenoxy) is 1. The summed E-state index contributed by atoms with van der Waals surface area (Å²) in [7, 11) is 0. The summed E-state index contributed by atoms with van der Waals surface area (Å²) in [4.78, 5) is 14.4. The number of carbonyl (C=O) groups excluding carboxylic acids is 1. The summed E-state index contributed by atoms with van der Waals surface area (Å²) in [6.07, 6.45) is -0.821. The summed E-state index contributed by atoms with van der Waals surface area (Å²) in [6.45, 7) is 8.05. The van der Waals surface area contributed by atoms with Crippen molar-refractivity contribution in [1.82, 2.24) is 4.90 Å². The molecule has 1 fully saturated rings. The SMILES string of the molecule is Cc1ccc2c(c1)[C@@H]1[C@@H](O)[C@@H](O)CC[C@@H]1N(C(=O)OC(C)(C)C)C2. The van der Waals surface area contributed by atoms with Crippen molar-refractivity contribution in [2.75, 3.05) is 0 Å². The van der Waals surface area contributed by atoms with E-state index in [-0.39, 0.29) is 18.1 Å². The first kappa shape index (κ1) is 17.2. The molecular weight excluding hydrogens is 306 g/mol. The number of benzene rings is 1. The Morgan fingerprint density at radius 1 is 1.25 bits per heavy atom. The lowest BCUT2D eigenvalue weighted by Gasteiger charge is -2.48. The minimum Gasteiger partial charge on any atom is -0.444 e. The van der Waals surface area contributed by atoms with Crippen LogP contribution in [0.1, 0.15) is 56.2 Å². The molecule has 1 saturated carbocycles.